The summed E-state index contributed by atoms with van der Waals surface area (Å²) >= 11 is 1.44. The lowest BCUT2D eigenvalue weighted by Gasteiger charge is -2.08. The Morgan fingerprint density at radius 1 is 1.00 bits per heavy atom. The summed E-state index contributed by atoms with van der Waals surface area (Å²) in [6.07, 6.45) is 1.66. The minimum absolute atomic E-state index is 0. The molecule has 0 fully saturated rings. The number of benzene rings is 3. The van der Waals surface area contributed by atoms with Crippen LogP contribution in [0.2, 0.25) is 0 Å². The van der Waals surface area contributed by atoms with E-state index < -0.39 is 4.92 Å². The van der Waals surface area contributed by atoms with Gasteiger partial charge in [-0.3, -0.25) is 14.7 Å². The number of rotatable bonds is 5. The Kier molecular flexibility index (Phi) is 6.66. The van der Waals surface area contributed by atoms with Gasteiger partial charge in [-0.25, -0.2) is 0 Å². The van der Waals surface area contributed by atoms with E-state index in [0.717, 1.165) is 22.5 Å². The molecule has 2 heterocycles. The lowest BCUT2D eigenvalue weighted by atomic mass is 10.1. The summed E-state index contributed by atoms with van der Waals surface area (Å²) in [7, 11) is 0. The third-order valence-corrected chi connectivity index (χ3v) is 5.66. The van der Waals surface area contributed by atoms with Gasteiger partial charge in [0.15, 0.2) is 11.5 Å². The zero-order chi connectivity index (χ0) is 21.9. The maximum atomic E-state index is 11.0. The second-order valence-electron chi connectivity index (χ2n) is 6.84. The first kappa shape index (κ1) is 22.4. The van der Waals surface area contributed by atoms with Crippen molar-refractivity contribution < 1.29 is 14.4 Å². The highest BCUT2D eigenvalue weighted by Crippen LogP contribution is 2.32. The second-order valence-corrected chi connectivity index (χ2v) is 7.67. The van der Waals surface area contributed by atoms with Crippen molar-refractivity contribution in [2.24, 2.45) is 10.2 Å². The quantitative estimate of drug-likeness (QED) is 0.199. The van der Waals surface area contributed by atoms with Gasteiger partial charge in [-0.05, 0) is 53.6 Å². The summed E-state index contributed by atoms with van der Waals surface area (Å²) < 4.78 is 12.7. The van der Waals surface area contributed by atoms with E-state index in [0.29, 0.717) is 16.3 Å². The number of thiazole rings is 1. The number of non-ortho nitro benzene ring substituents is 1. The fourth-order valence-electron chi connectivity index (χ4n) is 3.30. The first-order chi connectivity index (χ1) is 15.7. The Labute approximate surface area is 203 Å². The van der Waals surface area contributed by atoms with Crippen molar-refractivity contribution >= 4 is 40.2 Å². The van der Waals surface area contributed by atoms with Gasteiger partial charge in [0, 0.05) is 23.2 Å². The lowest BCUT2D eigenvalue weighted by molar-refractivity contribution is -0.384. The van der Waals surface area contributed by atoms with Crippen molar-refractivity contribution in [2.75, 3.05) is 6.79 Å². The molecule has 0 unspecified atom stereocenters. The van der Waals surface area contributed by atoms with Crippen molar-refractivity contribution in [3.05, 3.63) is 98.7 Å². The average Bonchev–Trinajstić information content (AvgIpc) is 3.46. The van der Waals surface area contributed by atoms with Crippen LogP contribution in [-0.4, -0.2) is 22.5 Å². The van der Waals surface area contributed by atoms with Crippen molar-refractivity contribution in [1.82, 2.24) is 4.57 Å². The molecule has 10 heteroatoms. The fourth-order valence-corrected chi connectivity index (χ4v) is 4.16. The van der Waals surface area contributed by atoms with E-state index in [1.807, 2.05) is 58.5 Å². The van der Waals surface area contributed by atoms with Crippen molar-refractivity contribution in [1.29, 1.82) is 0 Å². The number of aromatic nitrogens is 1. The Hall–Kier alpha value is -3.76. The lowest BCUT2D eigenvalue weighted by Crippen LogP contribution is -2.13. The third kappa shape index (κ3) is 4.71. The number of nitro groups is 1. The predicted molar refractivity (Wildman–Crippen MR) is 132 cm³/mol. The molecular weight excluding hydrogens is 508 g/mol. The molecule has 0 radical (unpaired) electrons. The molecule has 1 aliphatic heterocycles. The van der Waals surface area contributed by atoms with Gasteiger partial charge in [0.05, 0.1) is 16.8 Å². The molecule has 0 saturated carbocycles. The normalized spacial score (nSPS) is 12.7. The van der Waals surface area contributed by atoms with Gasteiger partial charge in [-0.15, -0.1) is 33.4 Å². The third-order valence-electron chi connectivity index (χ3n) is 4.84. The smallest absolute Gasteiger partial charge is 0.269 e. The van der Waals surface area contributed by atoms with Crippen LogP contribution in [0.15, 0.2) is 88.4 Å². The van der Waals surface area contributed by atoms with Gasteiger partial charge in [0.2, 0.25) is 11.6 Å². The predicted octanol–water partition coefficient (Wildman–Crippen LogP) is 5.36. The van der Waals surface area contributed by atoms with Gasteiger partial charge in [-0.1, -0.05) is 18.2 Å². The van der Waals surface area contributed by atoms with Crippen LogP contribution in [0.5, 0.6) is 11.5 Å². The van der Waals surface area contributed by atoms with Crippen LogP contribution < -0.4 is 14.3 Å². The number of nitrogens with zero attached hydrogens (tertiary/aromatic N) is 4. The first-order valence-corrected chi connectivity index (χ1v) is 10.5. The summed E-state index contributed by atoms with van der Waals surface area (Å²) in [5.74, 6) is 1.40. The van der Waals surface area contributed by atoms with Gasteiger partial charge >= 0.3 is 0 Å². The maximum absolute atomic E-state index is 11.0. The summed E-state index contributed by atoms with van der Waals surface area (Å²) in [4.78, 5) is 11.3. The topological polar surface area (TPSA) is 91.2 Å². The van der Waals surface area contributed by atoms with Gasteiger partial charge < -0.3 is 9.47 Å². The molecule has 8 nitrogen and oxygen atoms in total. The number of hydrogen-bond donors (Lipinski definition) is 0. The minimum atomic E-state index is -0.408. The zero-order valence-electron chi connectivity index (χ0n) is 17.0. The van der Waals surface area contributed by atoms with E-state index in [4.69, 9.17) is 9.47 Å². The number of ether oxygens (including phenoxy) is 2. The highest BCUT2D eigenvalue weighted by atomic mass is 79.9. The highest BCUT2D eigenvalue weighted by molar-refractivity contribution is 8.93. The maximum Gasteiger partial charge on any atom is 0.269 e. The summed E-state index contributed by atoms with van der Waals surface area (Å²) in [6, 6.07) is 21.8. The standard InChI is InChI=1S/C23H16N4O4S.BrH/c28-27(29)19-9-7-17(8-10-19)20-14-32-23(26(20)18-4-2-1-3-5-18)25-24-13-16-6-11-21-22(12-16)31-15-30-21;/h1-14H,15H2;1H. The molecule has 0 saturated heterocycles. The number of halogens is 1. The molecule has 3 aromatic carbocycles. The van der Waals surface area contributed by atoms with Crippen LogP contribution in [0.1, 0.15) is 5.56 Å². The number of fused-ring (bicyclic) bond motifs is 1. The van der Waals surface area contributed by atoms with Crippen LogP contribution in [0, 0.1) is 10.1 Å². The summed E-state index contributed by atoms with van der Waals surface area (Å²) in [6.45, 7) is 0.220. The molecule has 0 atom stereocenters. The molecule has 0 spiro atoms. The molecule has 1 aliphatic rings. The molecule has 4 aromatic rings. The molecular formula is C23H17BrN4O4S. The molecule has 0 amide bonds. The molecule has 0 bridgehead atoms. The van der Waals surface area contributed by atoms with E-state index >= 15 is 0 Å². The zero-order valence-corrected chi connectivity index (χ0v) is 19.6. The monoisotopic (exact) mass is 524 g/mol. The Morgan fingerprint density at radius 2 is 1.76 bits per heavy atom. The van der Waals surface area contributed by atoms with Crippen LogP contribution in [0.4, 0.5) is 5.69 Å². The van der Waals surface area contributed by atoms with Crippen LogP contribution >= 0.6 is 28.3 Å². The molecule has 0 N–H and O–H groups in total. The fraction of sp³-hybridized carbons (Fsp3) is 0.0435. The molecule has 1 aromatic heterocycles. The number of para-hydroxylation sites is 1. The summed E-state index contributed by atoms with van der Waals surface area (Å²) in [5, 5.41) is 21.7. The minimum Gasteiger partial charge on any atom is -0.454 e. The van der Waals surface area contributed by atoms with Gasteiger partial charge in [-0.2, -0.15) is 5.10 Å². The first-order valence-electron chi connectivity index (χ1n) is 9.66. The van der Waals surface area contributed by atoms with E-state index in [1.54, 1.807) is 18.3 Å². The van der Waals surface area contributed by atoms with Crippen LogP contribution in [0.3, 0.4) is 0 Å². The van der Waals surface area contributed by atoms with Crippen molar-refractivity contribution in [2.45, 2.75) is 0 Å². The highest BCUT2D eigenvalue weighted by Gasteiger charge is 2.13. The summed E-state index contributed by atoms with van der Waals surface area (Å²) in [5.41, 5.74) is 3.52. The Bertz CT molecular complexity index is 1380. The average molecular weight is 525 g/mol. The van der Waals surface area contributed by atoms with Gasteiger partial charge in [0.25, 0.3) is 5.69 Å². The number of hydrogen-bond acceptors (Lipinski definition) is 7. The van der Waals surface area contributed by atoms with Gasteiger partial charge in [0.1, 0.15) is 0 Å². The van der Waals surface area contributed by atoms with E-state index in [9.17, 15) is 10.1 Å². The molecule has 33 heavy (non-hydrogen) atoms. The van der Waals surface area contributed by atoms with Crippen LogP contribution in [0.25, 0.3) is 16.9 Å². The van der Waals surface area contributed by atoms with Crippen molar-refractivity contribution in [3.63, 3.8) is 0 Å². The van der Waals surface area contributed by atoms with Crippen molar-refractivity contribution in [3.8, 4) is 28.4 Å². The van der Waals surface area contributed by atoms with E-state index in [1.165, 1.54) is 23.5 Å². The number of nitro benzene ring substituents is 1. The molecule has 5 rings (SSSR count). The second kappa shape index (κ2) is 9.80. The Balaban J connectivity index is 0.00000259. The van der Waals surface area contributed by atoms with Crippen LogP contribution in [-0.2, 0) is 0 Å². The Morgan fingerprint density at radius 3 is 2.52 bits per heavy atom. The molecule has 166 valence electrons. The van der Waals surface area contributed by atoms with E-state index in [-0.39, 0.29) is 29.5 Å². The SMILES string of the molecule is Br.O=[N+]([O-])c1ccc(-c2csc(=NN=Cc3ccc4c(c3)OCO4)n2-c2ccccc2)cc1. The molecule has 0 aliphatic carbocycles. The van der Waals surface area contributed by atoms with E-state index in [2.05, 4.69) is 10.2 Å². The largest absolute Gasteiger partial charge is 0.454 e.